The summed E-state index contributed by atoms with van der Waals surface area (Å²) in [6.07, 6.45) is 5.39. The number of hydrogen-bond donors (Lipinski definition) is 1. The summed E-state index contributed by atoms with van der Waals surface area (Å²) < 4.78 is 55.5. The van der Waals surface area contributed by atoms with Crippen LogP contribution in [-0.4, -0.2) is 38.7 Å². The lowest BCUT2D eigenvalue weighted by atomic mass is 10.1. The molecule has 0 atom stereocenters. The molecule has 5 aromatic rings. The van der Waals surface area contributed by atoms with Crippen molar-refractivity contribution in [1.82, 2.24) is 38.7 Å². The molecule has 1 N–H and O–H groups in total. The normalized spacial score (nSPS) is 15.1. The van der Waals surface area contributed by atoms with Gasteiger partial charge in [-0.3, -0.25) is 18.9 Å². The molecule has 212 valence electrons. The maximum atomic E-state index is 14.7. The number of aromatic nitrogens is 8. The fourth-order valence-corrected chi connectivity index (χ4v) is 4.65. The van der Waals surface area contributed by atoms with Crippen LogP contribution in [-0.2, 0) is 26.7 Å². The van der Waals surface area contributed by atoms with Crippen LogP contribution in [0, 0.1) is 22.9 Å². The summed E-state index contributed by atoms with van der Waals surface area (Å²) in [5.41, 5.74) is -2.15. The molecule has 0 amide bonds. The van der Waals surface area contributed by atoms with Crippen molar-refractivity contribution in [3.05, 3.63) is 97.2 Å². The van der Waals surface area contributed by atoms with Crippen molar-refractivity contribution in [1.29, 1.82) is 0 Å². The number of fused-ring (bicyclic) bond motifs is 1. The molecule has 6 rings (SSSR count). The van der Waals surface area contributed by atoms with E-state index in [4.69, 9.17) is 13.0 Å². The molecule has 0 unspecified atom stereocenters. The highest BCUT2D eigenvalue weighted by molar-refractivity contribution is 6.33. The summed E-state index contributed by atoms with van der Waals surface area (Å²) in [4.78, 5) is 35.5. The van der Waals surface area contributed by atoms with Crippen LogP contribution < -0.4 is 17.0 Å². The van der Waals surface area contributed by atoms with Crippen molar-refractivity contribution >= 4 is 28.2 Å². The van der Waals surface area contributed by atoms with Crippen molar-refractivity contribution < 1.29 is 14.6 Å². The number of benzene rings is 2. The topological polar surface area (TPSA) is 121 Å². The Labute approximate surface area is 235 Å². The van der Waals surface area contributed by atoms with Crippen molar-refractivity contribution in [2.24, 2.45) is 17.5 Å². The lowest BCUT2D eigenvalue weighted by molar-refractivity contribution is 0.435. The van der Waals surface area contributed by atoms with E-state index in [0.29, 0.717) is 32.6 Å². The maximum Gasteiger partial charge on any atom is 0.335 e. The van der Waals surface area contributed by atoms with Gasteiger partial charge in [-0.15, -0.1) is 0 Å². The second-order valence-corrected chi connectivity index (χ2v) is 10.9. The van der Waals surface area contributed by atoms with Crippen LogP contribution in [0.1, 0.15) is 31.2 Å². The first-order valence-corrected chi connectivity index (χ1v) is 12.9. The number of H-pyrrole nitrogens is 1. The Morgan fingerprint density at radius 3 is 2.54 bits per heavy atom. The van der Waals surface area contributed by atoms with Gasteiger partial charge in [0.2, 0.25) is 5.62 Å². The van der Waals surface area contributed by atoms with Crippen LogP contribution >= 0.6 is 11.6 Å². The fourth-order valence-electron chi connectivity index (χ4n) is 4.45. The molecule has 1 fully saturated rings. The third-order valence-corrected chi connectivity index (χ3v) is 7.28. The van der Waals surface area contributed by atoms with E-state index in [0.717, 1.165) is 24.0 Å². The largest absolute Gasteiger partial charge is 0.335 e. The van der Waals surface area contributed by atoms with Gasteiger partial charge in [-0.1, -0.05) is 18.5 Å². The molecular weight excluding hydrogens is 563 g/mol. The Balaban J connectivity index is 1.53. The van der Waals surface area contributed by atoms with Gasteiger partial charge in [0, 0.05) is 36.8 Å². The van der Waals surface area contributed by atoms with Crippen molar-refractivity contribution in [2.75, 3.05) is 0 Å². The molecule has 41 heavy (non-hydrogen) atoms. The lowest BCUT2D eigenvalue weighted by Crippen LogP contribution is -2.50. The number of hydrogen-bond acceptors (Lipinski definition) is 6. The molecule has 3 aromatic heterocycles. The first kappa shape index (κ1) is 25.5. The molecule has 0 saturated heterocycles. The summed E-state index contributed by atoms with van der Waals surface area (Å²) in [7, 11) is 1.59. The monoisotopic (exact) mass is 586 g/mol. The predicted molar refractivity (Wildman–Crippen MR) is 142 cm³/mol. The second-order valence-electron chi connectivity index (χ2n) is 10.5. The smallest absolute Gasteiger partial charge is 0.277 e. The van der Waals surface area contributed by atoms with Gasteiger partial charge in [0.1, 0.15) is 12.1 Å². The molecule has 3 heterocycles. The summed E-state index contributed by atoms with van der Waals surface area (Å²) in [6, 6.07) is 4.10. The minimum Gasteiger partial charge on any atom is -0.277 e. The van der Waals surface area contributed by atoms with E-state index in [9.17, 15) is 22.8 Å². The minimum absolute atomic E-state index is 0.0949. The molecule has 11 nitrogen and oxygen atoms in total. The van der Waals surface area contributed by atoms with Gasteiger partial charge in [-0.2, -0.15) is 10.2 Å². The van der Waals surface area contributed by atoms with Crippen LogP contribution in [0.5, 0.6) is 0 Å². The summed E-state index contributed by atoms with van der Waals surface area (Å²) in [5, 5.41) is 9.41. The zero-order valence-corrected chi connectivity index (χ0v) is 22.6. The van der Waals surface area contributed by atoms with Gasteiger partial charge in [0.15, 0.2) is 18.9 Å². The first-order chi connectivity index (χ1) is 19.9. The van der Waals surface area contributed by atoms with E-state index in [1.165, 1.54) is 11.0 Å². The Hall–Kier alpha value is -4.46. The third-order valence-electron chi connectivity index (χ3n) is 6.98. The number of aryl methyl sites for hydroxylation is 1. The van der Waals surface area contributed by atoms with Gasteiger partial charge in [0.05, 0.1) is 29.3 Å². The summed E-state index contributed by atoms with van der Waals surface area (Å²) in [6.45, 7) is 1.79. The van der Waals surface area contributed by atoms with E-state index in [1.807, 2.05) is 10.9 Å². The van der Waals surface area contributed by atoms with Gasteiger partial charge >= 0.3 is 11.4 Å². The molecule has 15 heteroatoms. The zero-order valence-electron chi connectivity index (χ0n) is 22.9. The highest BCUT2D eigenvalue weighted by Gasteiger charge is 2.37. The molecular formula is C26H23ClF3N9O2. The number of halogens is 4. The van der Waals surface area contributed by atoms with Gasteiger partial charge < -0.3 is 0 Å². The molecule has 0 aliphatic heterocycles. The second kappa shape index (κ2) is 9.87. The number of nitrogens with zero attached hydrogens (tertiary/aromatic N) is 8. The highest BCUT2D eigenvalue weighted by atomic mass is 35.5. The predicted octanol–water partition coefficient (Wildman–Crippen LogP) is 3.02. The molecule has 1 saturated carbocycles. The maximum absolute atomic E-state index is 14.7. The van der Waals surface area contributed by atoms with Gasteiger partial charge in [-0.25, -0.2) is 37.3 Å². The highest BCUT2D eigenvalue weighted by Crippen LogP contribution is 2.46. The number of nitrogens with one attached hydrogen (secondary N) is 1. The van der Waals surface area contributed by atoms with Crippen LogP contribution in [0.15, 0.2) is 51.4 Å². The van der Waals surface area contributed by atoms with E-state index >= 15 is 0 Å². The molecule has 0 bridgehead atoms. The SMILES string of the molecule is [2H]n1c(=O)n(Cc2ncn(C)n2)c(=O)n(Cc2cc(F)c(F)cc2F)/c1=N/c1cc2cn(CC3(C)CC3)nc2cc1Cl. The summed E-state index contributed by atoms with van der Waals surface area (Å²) in [5.74, 6) is -3.79. The average molecular weight is 587 g/mol. The number of aromatic amines is 1. The van der Waals surface area contributed by atoms with Crippen LogP contribution in [0.25, 0.3) is 10.9 Å². The third kappa shape index (κ3) is 5.34. The zero-order chi connectivity index (χ0) is 29.9. The van der Waals surface area contributed by atoms with Gasteiger partial charge in [0.25, 0.3) is 0 Å². The Bertz CT molecular complexity index is 2070. The Morgan fingerprint density at radius 2 is 1.83 bits per heavy atom. The van der Waals surface area contributed by atoms with Crippen LogP contribution in [0.3, 0.4) is 0 Å². The molecule has 0 radical (unpaired) electrons. The van der Waals surface area contributed by atoms with E-state index in [1.54, 1.807) is 19.2 Å². The van der Waals surface area contributed by atoms with Crippen molar-refractivity contribution in [2.45, 2.75) is 39.4 Å². The van der Waals surface area contributed by atoms with Crippen molar-refractivity contribution in [3.8, 4) is 0 Å². The Kier molecular flexibility index (Phi) is 6.14. The van der Waals surface area contributed by atoms with Crippen LogP contribution in [0.4, 0.5) is 18.9 Å². The number of rotatable bonds is 7. The standard InChI is InChI=1S/C26H23ClF3N9O2/c1-26(3-4-26)12-37-9-15-6-21(16(27)7-20(15)34-37)32-23-33-24(40)39(11-22-31-13-36(2)35-22)25(41)38(23)10-14-5-18(29)19(30)8-17(14)28/h5-9,13H,3-4,10-12H2,1-2H3,(H,32,33,40)/i/hD. The average Bonchev–Trinajstić information content (AvgIpc) is 3.31. The van der Waals surface area contributed by atoms with Gasteiger partial charge in [-0.05, 0) is 36.5 Å². The van der Waals surface area contributed by atoms with Crippen LogP contribution in [0.2, 0.25) is 6.43 Å². The van der Waals surface area contributed by atoms with E-state index < -0.39 is 53.1 Å². The molecule has 2 aromatic carbocycles. The molecule has 1 aliphatic carbocycles. The quantitative estimate of drug-likeness (QED) is 0.294. The Morgan fingerprint density at radius 1 is 1.07 bits per heavy atom. The van der Waals surface area contributed by atoms with Crippen molar-refractivity contribution in [3.63, 3.8) is 0 Å². The fraction of sp³-hybridized carbons (Fsp3) is 0.308. The molecule has 0 spiro atoms. The summed E-state index contributed by atoms with van der Waals surface area (Å²) >= 11 is 6.50. The molecule has 1 aliphatic rings. The first-order valence-electron chi connectivity index (χ1n) is 13.0. The van der Waals surface area contributed by atoms with E-state index in [-0.39, 0.29) is 21.9 Å². The lowest BCUT2D eigenvalue weighted by Gasteiger charge is -2.11. The van der Waals surface area contributed by atoms with E-state index in [2.05, 4.69) is 27.1 Å². The minimum atomic E-state index is -1.41.